The Morgan fingerprint density at radius 1 is 1.39 bits per heavy atom. The van der Waals surface area contributed by atoms with Crippen LogP contribution >= 0.6 is 22.9 Å². The van der Waals surface area contributed by atoms with Crippen molar-refractivity contribution in [3.63, 3.8) is 0 Å². The SMILES string of the molecule is Clc1ccc2scnc2c1NCC1CC=CCC1. The van der Waals surface area contributed by atoms with E-state index in [0.29, 0.717) is 5.92 Å². The number of rotatable bonds is 3. The minimum absolute atomic E-state index is 0.708. The summed E-state index contributed by atoms with van der Waals surface area (Å²) in [6.07, 6.45) is 8.16. The number of nitrogens with zero attached hydrogens (tertiary/aromatic N) is 1. The zero-order chi connectivity index (χ0) is 12.4. The maximum absolute atomic E-state index is 6.27. The van der Waals surface area contributed by atoms with Crippen LogP contribution in [0, 0.1) is 5.92 Å². The molecule has 94 valence electrons. The van der Waals surface area contributed by atoms with E-state index in [-0.39, 0.29) is 0 Å². The van der Waals surface area contributed by atoms with Crippen LogP contribution in [0.5, 0.6) is 0 Å². The number of nitrogens with one attached hydrogen (secondary N) is 1. The lowest BCUT2D eigenvalue weighted by molar-refractivity contribution is 0.504. The highest BCUT2D eigenvalue weighted by Crippen LogP contribution is 2.32. The Morgan fingerprint density at radius 3 is 3.17 bits per heavy atom. The Bertz CT molecular complexity index is 576. The van der Waals surface area contributed by atoms with Crippen LogP contribution in [0.1, 0.15) is 19.3 Å². The van der Waals surface area contributed by atoms with E-state index in [1.54, 1.807) is 11.3 Å². The quantitative estimate of drug-likeness (QED) is 0.822. The van der Waals surface area contributed by atoms with Crippen molar-refractivity contribution < 1.29 is 0 Å². The molecule has 0 saturated heterocycles. The summed E-state index contributed by atoms with van der Waals surface area (Å²) in [6.45, 7) is 0.973. The summed E-state index contributed by atoms with van der Waals surface area (Å²) in [5, 5.41) is 4.25. The van der Waals surface area contributed by atoms with Gasteiger partial charge in [0, 0.05) is 6.54 Å². The van der Waals surface area contributed by atoms with Crippen LogP contribution in [0.3, 0.4) is 0 Å². The number of thiazole rings is 1. The maximum Gasteiger partial charge on any atom is 0.106 e. The second-order valence-electron chi connectivity index (χ2n) is 4.65. The number of fused-ring (bicyclic) bond motifs is 1. The number of aromatic nitrogens is 1. The normalized spacial score (nSPS) is 19.3. The molecule has 1 unspecified atom stereocenters. The number of halogens is 1. The molecule has 0 amide bonds. The Kier molecular flexibility index (Phi) is 3.52. The summed E-state index contributed by atoms with van der Waals surface area (Å²) >= 11 is 7.92. The van der Waals surface area contributed by atoms with Gasteiger partial charge >= 0.3 is 0 Å². The molecule has 0 radical (unpaired) electrons. The van der Waals surface area contributed by atoms with E-state index in [9.17, 15) is 0 Å². The summed E-state index contributed by atoms with van der Waals surface area (Å²) in [4.78, 5) is 4.40. The third-order valence-corrected chi connectivity index (χ3v) is 4.51. The summed E-state index contributed by atoms with van der Waals surface area (Å²) < 4.78 is 1.19. The zero-order valence-electron chi connectivity index (χ0n) is 10.0. The molecular weight excluding hydrogens is 264 g/mol. The summed E-state index contributed by atoms with van der Waals surface area (Å²) in [5.41, 5.74) is 3.86. The average molecular weight is 279 g/mol. The van der Waals surface area contributed by atoms with Crippen molar-refractivity contribution >= 4 is 38.8 Å². The first-order valence-electron chi connectivity index (χ1n) is 6.25. The monoisotopic (exact) mass is 278 g/mol. The topological polar surface area (TPSA) is 24.9 Å². The second-order valence-corrected chi connectivity index (χ2v) is 5.95. The van der Waals surface area contributed by atoms with Crippen LogP contribution < -0.4 is 5.32 Å². The lowest BCUT2D eigenvalue weighted by Crippen LogP contribution is -2.15. The van der Waals surface area contributed by atoms with E-state index in [1.165, 1.54) is 17.5 Å². The zero-order valence-corrected chi connectivity index (χ0v) is 11.6. The van der Waals surface area contributed by atoms with Crippen molar-refractivity contribution in [3.8, 4) is 0 Å². The second kappa shape index (κ2) is 5.29. The Morgan fingerprint density at radius 2 is 2.33 bits per heavy atom. The predicted octanol–water partition coefficient (Wildman–Crippen LogP) is 4.72. The van der Waals surface area contributed by atoms with E-state index >= 15 is 0 Å². The molecule has 1 heterocycles. The van der Waals surface area contributed by atoms with Crippen molar-refractivity contribution in [2.45, 2.75) is 19.3 Å². The molecule has 18 heavy (non-hydrogen) atoms. The molecule has 0 fully saturated rings. The Hall–Kier alpha value is -1.06. The Balaban J connectivity index is 1.79. The number of hydrogen-bond donors (Lipinski definition) is 1. The lowest BCUT2D eigenvalue weighted by atomic mass is 9.94. The fourth-order valence-electron chi connectivity index (χ4n) is 2.36. The summed E-state index contributed by atoms with van der Waals surface area (Å²) in [7, 11) is 0. The predicted molar refractivity (Wildman–Crippen MR) is 79.6 cm³/mol. The van der Waals surface area contributed by atoms with Crippen molar-refractivity contribution in [2.75, 3.05) is 11.9 Å². The minimum atomic E-state index is 0.708. The highest BCUT2D eigenvalue weighted by molar-refractivity contribution is 7.16. The average Bonchev–Trinajstić information content (AvgIpc) is 2.87. The summed E-state index contributed by atoms with van der Waals surface area (Å²) in [6, 6.07) is 3.98. The van der Waals surface area contributed by atoms with E-state index in [4.69, 9.17) is 11.6 Å². The molecule has 1 aliphatic carbocycles. The van der Waals surface area contributed by atoms with Gasteiger partial charge in [0.25, 0.3) is 0 Å². The van der Waals surface area contributed by atoms with Crippen LogP contribution in [0.2, 0.25) is 5.02 Å². The molecule has 3 rings (SSSR count). The van der Waals surface area contributed by atoms with Crippen LogP contribution in [-0.4, -0.2) is 11.5 Å². The standard InChI is InChI=1S/C14H15ClN2S/c15-11-6-7-12-14(17-9-18-12)13(11)16-8-10-4-2-1-3-5-10/h1-2,6-7,9-10,16H,3-5,8H2. The highest BCUT2D eigenvalue weighted by Gasteiger charge is 2.13. The maximum atomic E-state index is 6.27. The van der Waals surface area contributed by atoms with Crippen molar-refractivity contribution in [2.24, 2.45) is 5.92 Å². The first kappa shape index (κ1) is 12.0. The van der Waals surface area contributed by atoms with Gasteiger partial charge in [-0.1, -0.05) is 23.8 Å². The van der Waals surface area contributed by atoms with Gasteiger partial charge in [0.05, 0.1) is 20.9 Å². The number of allylic oxidation sites excluding steroid dienone is 2. The minimum Gasteiger partial charge on any atom is -0.382 e. The van der Waals surface area contributed by atoms with Gasteiger partial charge < -0.3 is 5.32 Å². The van der Waals surface area contributed by atoms with Gasteiger partial charge in [-0.15, -0.1) is 11.3 Å². The molecule has 1 aliphatic rings. The van der Waals surface area contributed by atoms with Crippen molar-refractivity contribution in [1.29, 1.82) is 0 Å². The number of hydrogen-bond acceptors (Lipinski definition) is 3. The van der Waals surface area contributed by atoms with Gasteiger partial charge in [0.15, 0.2) is 0 Å². The fraction of sp³-hybridized carbons (Fsp3) is 0.357. The van der Waals surface area contributed by atoms with Gasteiger partial charge in [-0.05, 0) is 37.3 Å². The van der Waals surface area contributed by atoms with E-state index in [0.717, 1.165) is 29.2 Å². The number of anilines is 1. The Labute approximate surface area is 116 Å². The van der Waals surface area contributed by atoms with E-state index < -0.39 is 0 Å². The highest BCUT2D eigenvalue weighted by atomic mass is 35.5. The van der Waals surface area contributed by atoms with Gasteiger partial charge in [-0.2, -0.15) is 0 Å². The van der Waals surface area contributed by atoms with Crippen LogP contribution in [0.4, 0.5) is 5.69 Å². The molecule has 2 nitrogen and oxygen atoms in total. The van der Waals surface area contributed by atoms with E-state index in [1.807, 2.05) is 17.6 Å². The molecule has 0 aliphatic heterocycles. The largest absolute Gasteiger partial charge is 0.382 e. The third-order valence-electron chi connectivity index (χ3n) is 3.40. The van der Waals surface area contributed by atoms with Crippen molar-refractivity contribution in [1.82, 2.24) is 4.98 Å². The molecule has 0 spiro atoms. The molecule has 0 saturated carbocycles. The number of benzene rings is 1. The molecule has 2 aromatic rings. The molecule has 1 N–H and O–H groups in total. The van der Waals surface area contributed by atoms with E-state index in [2.05, 4.69) is 22.5 Å². The first-order chi connectivity index (χ1) is 8.84. The molecule has 1 aromatic carbocycles. The van der Waals surface area contributed by atoms with Gasteiger partial charge in [-0.25, -0.2) is 4.98 Å². The third kappa shape index (κ3) is 2.38. The molecule has 4 heteroatoms. The van der Waals surface area contributed by atoms with Crippen LogP contribution in [-0.2, 0) is 0 Å². The van der Waals surface area contributed by atoms with Gasteiger partial charge in [0.2, 0.25) is 0 Å². The van der Waals surface area contributed by atoms with Crippen LogP contribution in [0.25, 0.3) is 10.2 Å². The molecular formula is C14H15ClN2S. The molecule has 1 atom stereocenters. The van der Waals surface area contributed by atoms with Gasteiger partial charge in [-0.3, -0.25) is 0 Å². The molecule has 0 bridgehead atoms. The van der Waals surface area contributed by atoms with Crippen molar-refractivity contribution in [3.05, 3.63) is 34.8 Å². The van der Waals surface area contributed by atoms with Crippen LogP contribution in [0.15, 0.2) is 29.8 Å². The fourth-order valence-corrected chi connectivity index (χ4v) is 3.27. The first-order valence-corrected chi connectivity index (χ1v) is 7.51. The smallest absolute Gasteiger partial charge is 0.106 e. The van der Waals surface area contributed by atoms with Gasteiger partial charge in [0.1, 0.15) is 5.52 Å². The summed E-state index contributed by atoms with van der Waals surface area (Å²) in [5.74, 6) is 0.708. The lowest BCUT2D eigenvalue weighted by Gasteiger charge is -2.19. The molecule has 1 aromatic heterocycles.